The Labute approximate surface area is 118 Å². The molecule has 20 heavy (non-hydrogen) atoms. The van der Waals surface area contributed by atoms with Gasteiger partial charge in [-0.15, -0.1) is 0 Å². The van der Waals surface area contributed by atoms with Crippen LogP contribution in [0.5, 0.6) is 0 Å². The minimum absolute atomic E-state index is 0.145. The number of esters is 1. The van der Waals surface area contributed by atoms with Gasteiger partial charge in [-0.25, -0.2) is 4.79 Å². The third-order valence-corrected chi connectivity index (χ3v) is 2.32. The molecule has 1 rings (SSSR count). The molecule has 0 aliphatic rings. The van der Waals surface area contributed by atoms with Crippen LogP contribution < -0.4 is 0 Å². The lowest BCUT2D eigenvalue weighted by atomic mass is 10.2. The van der Waals surface area contributed by atoms with Crippen LogP contribution in [0.25, 0.3) is 0 Å². The van der Waals surface area contributed by atoms with Crippen LogP contribution in [0.4, 0.5) is 4.79 Å². The van der Waals surface area contributed by atoms with Crippen molar-refractivity contribution in [3.63, 3.8) is 0 Å². The molecular weight excluding hydrogens is 260 g/mol. The van der Waals surface area contributed by atoms with Crippen molar-refractivity contribution in [2.24, 2.45) is 0 Å². The normalized spacial score (nSPS) is 10.2. The van der Waals surface area contributed by atoms with Crippen molar-refractivity contribution < 1.29 is 23.8 Å². The third-order valence-electron chi connectivity index (χ3n) is 2.32. The number of benzene rings is 1. The average molecular weight is 280 g/mol. The fourth-order valence-electron chi connectivity index (χ4n) is 1.41. The van der Waals surface area contributed by atoms with Gasteiger partial charge in [-0.1, -0.05) is 30.3 Å². The summed E-state index contributed by atoms with van der Waals surface area (Å²) in [5.41, 5.74) is 0.942. The van der Waals surface area contributed by atoms with E-state index in [4.69, 9.17) is 14.2 Å². The Morgan fingerprint density at radius 1 is 1.10 bits per heavy atom. The Morgan fingerprint density at radius 3 is 2.45 bits per heavy atom. The number of ether oxygens (including phenoxy) is 3. The lowest BCUT2D eigenvalue weighted by Crippen LogP contribution is -2.14. The molecule has 0 bridgehead atoms. The van der Waals surface area contributed by atoms with Crippen LogP contribution in [0.1, 0.15) is 32.3 Å². The topological polar surface area (TPSA) is 61.8 Å². The molecule has 0 aromatic heterocycles. The van der Waals surface area contributed by atoms with Gasteiger partial charge in [0.1, 0.15) is 6.61 Å². The first-order valence-electron chi connectivity index (χ1n) is 6.61. The fraction of sp³-hybridized carbons (Fsp3) is 0.467. The molecule has 0 amide bonds. The molecule has 5 nitrogen and oxygen atoms in total. The largest absolute Gasteiger partial charge is 0.508 e. The van der Waals surface area contributed by atoms with E-state index in [-0.39, 0.29) is 31.7 Å². The number of rotatable bonds is 7. The summed E-state index contributed by atoms with van der Waals surface area (Å²) >= 11 is 0. The highest BCUT2D eigenvalue weighted by Gasteiger charge is 2.08. The van der Waals surface area contributed by atoms with Crippen molar-refractivity contribution in [2.45, 2.75) is 39.4 Å². The van der Waals surface area contributed by atoms with Crippen LogP contribution in [-0.2, 0) is 25.6 Å². The maximum atomic E-state index is 11.4. The molecule has 110 valence electrons. The van der Waals surface area contributed by atoms with Gasteiger partial charge in [0.25, 0.3) is 0 Å². The smallest absolute Gasteiger partial charge is 0.461 e. The highest BCUT2D eigenvalue weighted by atomic mass is 16.7. The molecule has 1 aromatic rings. The van der Waals surface area contributed by atoms with Crippen LogP contribution >= 0.6 is 0 Å². The van der Waals surface area contributed by atoms with Gasteiger partial charge in [-0.2, -0.15) is 0 Å². The van der Waals surface area contributed by atoms with E-state index in [0.29, 0.717) is 6.42 Å². The van der Waals surface area contributed by atoms with Gasteiger partial charge in [0, 0.05) is 6.42 Å². The zero-order valence-corrected chi connectivity index (χ0v) is 11.8. The molecular formula is C15H20O5. The summed E-state index contributed by atoms with van der Waals surface area (Å²) in [7, 11) is 0. The van der Waals surface area contributed by atoms with Crippen LogP contribution in [0.2, 0.25) is 0 Å². The van der Waals surface area contributed by atoms with Crippen molar-refractivity contribution in [2.75, 3.05) is 6.61 Å². The molecule has 5 heteroatoms. The van der Waals surface area contributed by atoms with E-state index < -0.39 is 6.16 Å². The summed E-state index contributed by atoms with van der Waals surface area (Å²) < 4.78 is 14.7. The standard InChI is InChI=1S/C15H20O5/c1-12(2)20-15(17)18-10-6-9-14(16)19-11-13-7-4-3-5-8-13/h3-5,7-8,12H,6,9-11H2,1-2H3. The van der Waals surface area contributed by atoms with Gasteiger partial charge in [-0.05, 0) is 25.8 Å². The number of hydrogen-bond donors (Lipinski definition) is 0. The van der Waals surface area contributed by atoms with Gasteiger partial charge < -0.3 is 14.2 Å². The van der Waals surface area contributed by atoms with Crippen molar-refractivity contribution in [3.8, 4) is 0 Å². The van der Waals surface area contributed by atoms with Crippen molar-refractivity contribution in [1.82, 2.24) is 0 Å². The molecule has 0 aliphatic heterocycles. The average Bonchev–Trinajstić information content (AvgIpc) is 2.42. The molecule has 0 spiro atoms. The van der Waals surface area contributed by atoms with E-state index in [9.17, 15) is 9.59 Å². The quantitative estimate of drug-likeness (QED) is 0.567. The summed E-state index contributed by atoms with van der Waals surface area (Å²) in [5.74, 6) is -0.310. The first kappa shape index (κ1) is 16.0. The van der Waals surface area contributed by atoms with E-state index in [1.54, 1.807) is 13.8 Å². The predicted octanol–water partition coefficient (Wildman–Crippen LogP) is 3.07. The third kappa shape index (κ3) is 7.41. The van der Waals surface area contributed by atoms with E-state index in [0.717, 1.165) is 5.56 Å². The van der Waals surface area contributed by atoms with Gasteiger partial charge in [0.05, 0.1) is 12.7 Å². The Bertz CT molecular complexity index is 414. The number of carbonyl (C=O) groups excluding carboxylic acids is 2. The van der Waals surface area contributed by atoms with Gasteiger partial charge >= 0.3 is 12.1 Å². The number of hydrogen-bond acceptors (Lipinski definition) is 5. The molecule has 0 aliphatic carbocycles. The van der Waals surface area contributed by atoms with Gasteiger partial charge in [0.15, 0.2) is 0 Å². The molecule has 1 aromatic carbocycles. The Hall–Kier alpha value is -2.04. The molecule has 0 saturated heterocycles. The lowest BCUT2D eigenvalue weighted by molar-refractivity contribution is -0.145. The molecule has 0 radical (unpaired) electrons. The van der Waals surface area contributed by atoms with Crippen LogP contribution in [0.3, 0.4) is 0 Å². The first-order chi connectivity index (χ1) is 9.58. The minimum atomic E-state index is -0.711. The van der Waals surface area contributed by atoms with Crippen LogP contribution in [-0.4, -0.2) is 24.8 Å². The summed E-state index contributed by atoms with van der Waals surface area (Å²) in [6.45, 7) is 3.88. The molecule has 0 unspecified atom stereocenters. The fourth-order valence-corrected chi connectivity index (χ4v) is 1.41. The maximum Gasteiger partial charge on any atom is 0.508 e. The maximum absolute atomic E-state index is 11.4. The lowest BCUT2D eigenvalue weighted by Gasteiger charge is -2.08. The Balaban J connectivity index is 2.07. The van der Waals surface area contributed by atoms with Crippen LogP contribution in [0, 0.1) is 0 Å². The second kappa shape index (κ2) is 8.96. The van der Waals surface area contributed by atoms with Crippen molar-refractivity contribution in [1.29, 1.82) is 0 Å². The van der Waals surface area contributed by atoms with Crippen molar-refractivity contribution in [3.05, 3.63) is 35.9 Å². The highest BCUT2D eigenvalue weighted by Crippen LogP contribution is 2.03. The number of carbonyl (C=O) groups is 2. The van der Waals surface area contributed by atoms with E-state index in [1.807, 2.05) is 30.3 Å². The minimum Gasteiger partial charge on any atom is -0.461 e. The Kier molecular flexibility index (Phi) is 7.17. The second-order valence-electron chi connectivity index (χ2n) is 4.51. The van der Waals surface area contributed by atoms with Crippen molar-refractivity contribution >= 4 is 12.1 Å². The zero-order chi connectivity index (χ0) is 14.8. The second-order valence-corrected chi connectivity index (χ2v) is 4.51. The van der Waals surface area contributed by atoms with Crippen LogP contribution in [0.15, 0.2) is 30.3 Å². The monoisotopic (exact) mass is 280 g/mol. The molecule has 0 saturated carbocycles. The predicted molar refractivity (Wildman–Crippen MR) is 73.0 cm³/mol. The summed E-state index contributed by atoms with van der Waals surface area (Å²) in [4.78, 5) is 22.5. The van der Waals surface area contributed by atoms with Gasteiger partial charge in [-0.3, -0.25) is 4.79 Å². The first-order valence-corrected chi connectivity index (χ1v) is 6.61. The molecule has 0 N–H and O–H groups in total. The van der Waals surface area contributed by atoms with E-state index >= 15 is 0 Å². The zero-order valence-electron chi connectivity index (χ0n) is 11.8. The summed E-state index contributed by atoms with van der Waals surface area (Å²) in [6, 6.07) is 9.45. The molecule has 0 atom stereocenters. The van der Waals surface area contributed by atoms with Gasteiger partial charge in [0.2, 0.25) is 0 Å². The Morgan fingerprint density at radius 2 is 1.80 bits per heavy atom. The molecule has 0 heterocycles. The van der Waals surface area contributed by atoms with E-state index in [1.165, 1.54) is 0 Å². The molecule has 0 fully saturated rings. The van der Waals surface area contributed by atoms with E-state index in [2.05, 4.69) is 0 Å². The summed E-state index contributed by atoms with van der Waals surface area (Å²) in [5, 5.41) is 0. The summed E-state index contributed by atoms with van der Waals surface area (Å²) in [6.07, 6.45) is -0.293. The SMILES string of the molecule is CC(C)OC(=O)OCCCC(=O)OCc1ccccc1. The highest BCUT2D eigenvalue weighted by molar-refractivity contribution is 5.69.